The van der Waals surface area contributed by atoms with E-state index in [0.717, 1.165) is 5.56 Å². The number of hydrogen-bond donors (Lipinski definition) is 1. The van der Waals surface area contributed by atoms with Crippen molar-refractivity contribution < 1.29 is 9.53 Å². The lowest BCUT2D eigenvalue weighted by atomic mass is 10.2. The standard InChI is InChI=1S/C17H17Cl2NO2/c1-3-16(22-13-6-4-5-11(2)9-13)17(21)20-12-7-8-14(18)15(19)10-12/h4-10,16H,3H2,1-2H3,(H,20,21). The highest BCUT2D eigenvalue weighted by Crippen LogP contribution is 2.25. The van der Waals surface area contributed by atoms with E-state index in [1.165, 1.54) is 0 Å². The molecular formula is C17H17Cl2NO2. The molecule has 0 bridgehead atoms. The predicted molar refractivity (Wildman–Crippen MR) is 91.0 cm³/mol. The van der Waals surface area contributed by atoms with Gasteiger partial charge < -0.3 is 10.1 Å². The normalized spacial score (nSPS) is 11.8. The molecule has 0 aliphatic heterocycles. The number of benzene rings is 2. The van der Waals surface area contributed by atoms with E-state index in [9.17, 15) is 4.79 Å². The van der Waals surface area contributed by atoms with Crippen molar-refractivity contribution in [2.45, 2.75) is 26.4 Å². The Kier molecular flexibility index (Phi) is 5.69. The Morgan fingerprint density at radius 1 is 1.18 bits per heavy atom. The summed E-state index contributed by atoms with van der Waals surface area (Å²) in [5, 5.41) is 3.63. The topological polar surface area (TPSA) is 38.3 Å². The lowest BCUT2D eigenvalue weighted by Crippen LogP contribution is -2.32. The van der Waals surface area contributed by atoms with E-state index >= 15 is 0 Å². The van der Waals surface area contributed by atoms with Gasteiger partial charge in [0.05, 0.1) is 10.0 Å². The van der Waals surface area contributed by atoms with Gasteiger partial charge in [-0.3, -0.25) is 4.79 Å². The molecule has 0 aliphatic carbocycles. The Labute approximate surface area is 140 Å². The molecule has 1 amide bonds. The van der Waals surface area contributed by atoms with Crippen LogP contribution >= 0.6 is 23.2 Å². The van der Waals surface area contributed by atoms with Gasteiger partial charge in [-0.2, -0.15) is 0 Å². The number of halogens is 2. The third-order valence-corrected chi connectivity index (χ3v) is 3.86. The van der Waals surface area contributed by atoms with E-state index in [2.05, 4.69) is 5.32 Å². The summed E-state index contributed by atoms with van der Waals surface area (Å²) in [4.78, 5) is 12.3. The number of aryl methyl sites for hydroxylation is 1. The Morgan fingerprint density at radius 3 is 2.59 bits per heavy atom. The maximum absolute atomic E-state index is 12.3. The lowest BCUT2D eigenvalue weighted by Gasteiger charge is -2.17. The molecule has 22 heavy (non-hydrogen) atoms. The molecule has 0 spiro atoms. The molecule has 5 heteroatoms. The van der Waals surface area contributed by atoms with Crippen LogP contribution in [-0.4, -0.2) is 12.0 Å². The molecule has 0 saturated carbocycles. The van der Waals surface area contributed by atoms with Gasteiger partial charge >= 0.3 is 0 Å². The van der Waals surface area contributed by atoms with Crippen molar-refractivity contribution in [3.63, 3.8) is 0 Å². The summed E-state index contributed by atoms with van der Waals surface area (Å²) in [7, 11) is 0. The van der Waals surface area contributed by atoms with Gasteiger partial charge in [0.15, 0.2) is 6.10 Å². The summed E-state index contributed by atoms with van der Waals surface area (Å²) >= 11 is 11.8. The summed E-state index contributed by atoms with van der Waals surface area (Å²) in [6, 6.07) is 12.6. The van der Waals surface area contributed by atoms with Gasteiger partial charge in [-0.05, 0) is 49.2 Å². The second-order valence-corrected chi connectivity index (χ2v) is 5.76. The number of nitrogens with one attached hydrogen (secondary N) is 1. The minimum Gasteiger partial charge on any atom is -0.481 e. The van der Waals surface area contributed by atoms with Crippen molar-refractivity contribution in [2.24, 2.45) is 0 Å². The lowest BCUT2D eigenvalue weighted by molar-refractivity contribution is -0.122. The number of anilines is 1. The molecule has 1 N–H and O–H groups in total. The van der Waals surface area contributed by atoms with E-state index in [4.69, 9.17) is 27.9 Å². The van der Waals surface area contributed by atoms with Crippen molar-refractivity contribution >= 4 is 34.8 Å². The number of carbonyl (C=O) groups is 1. The number of hydrogen-bond acceptors (Lipinski definition) is 2. The smallest absolute Gasteiger partial charge is 0.265 e. The number of rotatable bonds is 5. The highest BCUT2D eigenvalue weighted by Gasteiger charge is 2.18. The summed E-state index contributed by atoms with van der Waals surface area (Å²) in [5.74, 6) is 0.457. The fraction of sp³-hybridized carbons (Fsp3) is 0.235. The molecule has 2 aromatic rings. The Hall–Kier alpha value is -1.71. The van der Waals surface area contributed by atoms with Gasteiger partial charge in [0, 0.05) is 5.69 Å². The van der Waals surface area contributed by atoms with Crippen LogP contribution in [0.25, 0.3) is 0 Å². The average Bonchev–Trinajstić information content (AvgIpc) is 2.48. The SMILES string of the molecule is CCC(Oc1cccc(C)c1)C(=O)Nc1ccc(Cl)c(Cl)c1. The molecule has 0 aliphatic rings. The average molecular weight is 338 g/mol. The Bertz CT molecular complexity index is 673. The first-order chi connectivity index (χ1) is 10.5. The molecule has 116 valence electrons. The van der Waals surface area contributed by atoms with Gasteiger partial charge in [-0.15, -0.1) is 0 Å². The second-order valence-electron chi connectivity index (χ2n) is 4.95. The van der Waals surface area contributed by atoms with Crippen molar-refractivity contribution in [2.75, 3.05) is 5.32 Å². The summed E-state index contributed by atoms with van der Waals surface area (Å²) < 4.78 is 5.76. The van der Waals surface area contributed by atoms with Gasteiger partial charge in [0.25, 0.3) is 5.91 Å². The van der Waals surface area contributed by atoms with Crippen LogP contribution in [0.4, 0.5) is 5.69 Å². The number of carbonyl (C=O) groups excluding carboxylic acids is 1. The Balaban J connectivity index is 2.06. The molecule has 0 fully saturated rings. The molecule has 0 saturated heterocycles. The van der Waals surface area contributed by atoms with Crippen molar-refractivity contribution in [1.29, 1.82) is 0 Å². The molecule has 2 rings (SSSR count). The van der Waals surface area contributed by atoms with Crippen LogP contribution in [0, 0.1) is 6.92 Å². The summed E-state index contributed by atoms with van der Waals surface area (Å²) in [6.45, 7) is 3.87. The van der Waals surface area contributed by atoms with Crippen LogP contribution in [0.5, 0.6) is 5.75 Å². The van der Waals surface area contributed by atoms with Gasteiger partial charge in [-0.1, -0.05) is 42.3 Å². The highest BCUT2D eigenvalue weighted by atomic mass is 35.5. The first-order valence-corrected chi connectivity index (χ1v) is 7.74. The fourth-order valence-corrected chi connectivity index (χ4v) is 2.27. The largest absolute Gasteiger partial charge is 0.481 e. The zero-order chi connectivity index (χ0) is 16.1. The first-order valence-electron chi connectivity index (χ1n) is 6.99. The van der Waals surface area contributed by atoms with E-state index in [0.29, 0.717) is 27.9 Å². The van der Waals surface area contributed by atoms with E-state index in [-0.39, 0.29) is 5.91 Å². The van der Waals surface area contributed by atoms with E-state index in [1.54, 1.807) is 18.2 Å². The minimum absolute atomic E-state index is 0.220. The van der Waals surface area contributed by atoms with Crippen LogP contribution in [0.3, 0.4) is 0 Å². The van der Waals surface area contributed by atoms with Crippen LogP contribution in [0.1, 0.15) is 18.9 Å². The van der Waals surface area contributed by atoms with Crippen LogP contribution in [0.2, 0.25) is 10.0 Å². The third kappa shape index (κ3) is 4.39. The summed E-state index contributed by atoms with van der Waals surface area (Å²) in [6.07, 6.45) is -0.0163. The molecule has 1 atom stereocenters. The quantitative estimate of drug-likeness (QED) is 0.824. The molecule has 0 heterocycles. The zero-order valence-electron chi connectivity index (χ0n) is 12.4. The Morgan fingerprint density at radius 2 is 1.95 bits per heavy atom. The molecule has 1 unspecified atom stereocenters. The van der Waals surface area contributed by atoms with E-state index in [1.807, 2.05) is 38.1 Å². The monoisotopic (exact) mass is 337 g/mol. The molecule has 3 nitrogen and oxygen atoms in total. The van der Waals surface area contributed by atoms with Crippen molar-refractivity contribution in [3.8, 4) is 5.75 Å². The highest BCUT2D eigenvalue weighted by molar-refractivity contribution is 6.42. The first kappa shape index (κ1) is 16.7. The molecule has 0 aromatic heterocycles. The van der Waals surface area contributed by atoms with Gasteiger partial charge in [0.1, 0.15) is 5.75 Å². The van der Waals surface area contributed by atoms with Crippen molar-refractivity contribution in [1.82, 2.24) is 0 Å². The minimum atomic E-state index is -0.573. The molecular weight excluding hydrogens is 321 g/mol. The van der Waals surface area contributed by atoms with Crippen LogP contribution in [0.15, 0.2) is 42.5 Å². The maximum atomic E-state index is 12.3. The number of ether oxygens (including phenoxy) is 1. The molecule has 2 aromatic carbocycles. The van der Waals surface area contributed by atoms with Crippen LogP contribution < -0.4 is 10.1 Å². The van der Waals surface area contributed by atoms with Crippen molar-refractivity contribution in [3.05, 3.63) is 58.1 Å². The van der Waals surface area contributed by atoms with Gasteiger partial charge in [0.2, 0.25) is 0 Å². The zero-order valence-corrected chi connectivity index (χ0v) is 13.9. The predicted octanol–water partition coefficient (Wildman–Crippen LogP) is 5.10. The van der Waals surface area contributed by atoms with Gasteiger partial charge in [-0.25, -0.2) is 0 Å². The fourth-order valence-electron chi connectivity index (χ4n) is 1.97. The van der Waals surface area contributed by atoms with E-state index < -0.39 is 6.10 Å². The summed E-state index contributed by atoms with van der Waals surface area (Å²) in [5.41, 5.74) is 1.67. The third-order valence-electron chi connectivity index (χ3n) is 3.12. The number of amides is 1. The second kappa shape index (κ2) is 7.52. The molecule has 0 radical (unpaired) electrons. The maximum Gasteiger partial charge on any atom is 0.265 e. The van der Waals surface area contributed by atoms with Crippen LogP contribution in [-0.2, 0) is 4.79 Å².